The Balaban J connectivity index is 0.000000152. The van der Waals surface area contributed by atoms with Crippen LogP contribution in [0.4, 0.5) is 55.3 Å². The summed E-state index contributed by atoms with van der Waals surface area (Å²) in [6.07, 6.45) is 10.4. The molecule has 0 saturated heterocycles. The number of nitrogens with two attached hydrogens (primary N) is 1. The fraction of sp³-hybridized carbons (Fsp3) is 0.174. The van der Waals surface area contributed by atoms with E-state index in [0.29, 0.717) is 29.1 Å². The molecule has 4 aromatic carbocycles. The van der Waals surface area contributed by atoms with Crippen molar-refractivity contribution in [2.75, 3.05) is 48.2 Å². The number of aromatic nitrogens is 8. The third kappa shape index (κ3) is 10.2. The lowest BCUT2D eigenvalue weighted by Crippen LogP contribution is -2.34. The summed E-state index contributed by atoms with van der Waals surface area (Å²) < 4.78 is 95.7. The molecule has 0 bridgehead atoms. The van der Waals surface area contributed by atoms with Crippen molar-refractivity contribution in [1.82, 2.24) is 39.0 Å². The van der Waals surface area contributed by atoms with Gasteiger partial charge >= 0.3 is 0 Å². The number of fused-ring (bicyclic) bond motifs is 2. The molecule has 2 aliphatic heterocycles. The van der Waals surface area contributed by atoms with Crippen molar-refractivity contribution in [3.8, 4) is 22.9 Å². The summed E-state index contributed by atoms with van der Waals surface area (Å²) in [5.41, 5.74) is 11.6. The van der Waals surface area contributed by atoms with E-state index >= 15 is 0 Å². The molecular weight excluding hydrogens is 902 g/mol. The summed E-state index contributed by atoms with van der Waals surface area (Å²) in [7, 11) is 3.40. The normalized spacial score (nSPS) is 14.9. The molecule has 0 spiro atoms. The van der Waals surface area contributed by atoms with Crippen molar-refractivity contribution < 1.29 is 35.8 Å². The summed E-state index contributed by atoms with van der Waals surface area (Å²) in [5, 5.41) is 3.17. The van der Waals surface area contributed by atoms with Crippen molar-refractivity contribution in [2.24, 2.45) is 0 Å². The molecule has 0 radical (unpaired) electrons. The Bertz CT molecular complexity index is 3000. The minimum absolute atomic E-state index is 0.0290. The molecule has 0 aliphatic carbocycles. The van der Waals surface area contributed by atoms with Crippen LogP contribution in [0.5, 0.6) is 11.5 Å². The Labute approximate surface area is 384 Å². The Morgan fingerprint density at radius 2 is 1.04 bits per heavy atom. The number of hydrogen-bond acceptors (Lipinski definition) is 12. The minimum Gasteiger partial charge on any atom is -0.486 e. The molecule has 6 heterocycles. The maximum Gasteiger partial charge on any atom is 0.229 e. The van der Waals surface area contributed by atoms with Gasteiger partial charge in [-0.05, 0) is 109 Å². The molecule has 2 atom stereocenters. The molecule has 3 N–H and O–H groups in total. The van der Waals surface area contributed by atoms with Crippen LogP contribution >= 0.6 is 11.6 Å². The zero-order chi connectivity index (χ0) is 47.5. The number of nitrogen functional groups attached to an aromatic ring is 1. The van der Waals surface area contributed by atoms with Gasteiger partial charge in [0.2, 0.25) is 11.2 Å². The predicted molar refractivity (Wildman–Crippen MR) is 239 cm³/mol. The number of likely N-dealkylation sites (N-methyl/N-ethyl adjacent to an activating group) is 2. The topological polar surface area (TPSA) is 150 Å². The van der Waals surface area contributed by atoms with Crippen LogP contribution in [0, 0.1) is 48.8 Å². The summed E-state index contributed by atoms with van der Waals surface area (Å²) >= 11 is 5.73. The standard InChI is InChI=1S/C23H19F3N6O.C13H9ClF3N3O.C10H11N3/c1-13-10-32(12-28-13)16-5-3-15(4-6-16)29-23-27-9-20-22(30-23)31(2)19(11-33-20)14-7-17(24)21(26)18(25)8-14;1-20-9(6-2-7(15)11(17)8(16)3-6)5-21-10-4-18-13(14)19-12(10)20;1-8-6-13(7-12-8)10-4-2-9(11)3-5-10/h3-10,12,19H,11H2,1-2H3,(H,27,29,30);2-4,9H,5H2,1H3;2-7H,11H2,1H3. The number of hydrogen-bond donors (Lipinski definition) is 2. The molecule has 2 unspecified atom stereocenters. The number of ether oxygens (including phenoxy) is 2. The number of benzene rings is 4. The molecule has 14 nitrogen and oxygen atoms in total. The van der Waals surface area contributed by atoms with Gasteiger partial charge in [0.1, 0.15) is 13.2 Å². The van der Waals surface area contributed by atoms with Gasteiger partial charge in [-0.3, -0.25) is 0 Å². The molecular formula is C46H39ClF6N12O2. The van der Waals surface area contributed by atoms with E-state index in [1.54, 1.807) is 36.5 Å². The van der Waals surface area contributed by atoms with E-state index in [9.17, 15) is 26.3 Å². The second-order valence-electron chi connectivity index (χ2n) is 15.3. The lowest BCUT2D eigenvalue weighted by atomic mass is 10.0. The third-order valence-corrected chi connectivity index (χ3v) is 10.8. The van der Waals surface area contributed by atoms with E-state index in [2.05, 4.69) is 35.2 Å². The second-order valence-corrected chi connectivity index (χ2v) is 15.6. The number of imidazole rings is 2. The molecule has 4 aromatic heterocycles. The van der Waals surface area contributed by atoms with Gasteiger partial charge in [0.05, 0.1) is 48.5 Å². The quantitative estimate of drug-likeness (QED) is 0.0708. The number of halogens is 7. The monoisotopic (exact) mass is 940 g/mol. The molecule has 10 rings (SSSR count). The highest BCUT2D eigenvalue weighted by Gasteiger charge is 2.31. The smallest absolute Gasteiger partial charge is 0.229 e. The molecule has 344 valence electrons. The Morgan fingerprint density at radius 3 is 1.49 bits per heavy atom. The number of nitrogens with zero attached hydrogens (tertiary/aromatic N) is 10. The van der Waals surface area contributed by atoms with Gasteiger partial charge < -0.3 is 39.5 Å². The summed E-state index contributed by atoms with van der Waals surface area (Å²) in [6, 6.07) is 18.1. The van der Waals surface area contributed by atoms with E-state index < -0.39 is 47.0 Å². The number of aryl methyl sites for hydroxylation is 2. The number of nitrogens with one attached hydrogen (secondary N) is 1. The van der Waals surface area contributed by atoms with Crippen LogP contribution in [0.1, 0.15) is 34.6 Å². The fourth-order valence-corrected chi connectivity index (χ4v) is 7.25. The Hall–Kier alpha value is -7.87. The fourth-order valence-electron chi connectivity index (χ4n) is 7.12. The average Bonchev–Trinajstić information content (AvgIpc) is 3.96. The molecule has 0 amide bonds. The van der Waals surface area contributed by atoms with Crippen molar-refractivity contribution >= 4 is 40.6 Å². The van der Waals surface area contributed by atoms with Gasteiger partial charge in [-0.1, -0.05) is 0 Å². The minimum atomic E-state index is -1.50. The summed E-state index contributed by atoms with van der Waals surface area (Å²) in [4.78, 5) is 28.4. The Morgan fingerprint density at radius 1 is 0.612 bits per heavy atom. The maximum absolute atomic E-state index is 13.7. The molecule has 21 heteroatoms. The van der Waals surface area contributed by atoms with E-state index in [1.807, 2.05) is 83.9 Å². The summed E-state index contributed by atoms with van der Waals surface area (Å²) in [5.74, 6) is -5.95. The highest BCUT2D eigenvalue weighted by Crippen LogP contribution is 2.39. The van der Waals surface area contributed by atoms with Gasteiger partial charge in [0, 0.05) is 49.2 Å². The first-order valence-electron chi connectivity index (χ1n) is 20.3. The SMILES string of the molecule is CN1c2nc(Cl)ncc2OCC1c1cc(F)c(F)c(F)c1.Cc1cn(-c2ccc(N)cc2)cn1.Cc1cn(-c2ccc(Nc3ncc4c(n3)N(C)C(c3cc(F)c(F)c(F)c3)CO4)cc2)cn1. The van der Waals surface area contributed by atoms with Crippen molar-refractivity contribution in [2.45, 2.75) is 25.9 Å². The summed E-state index contributed by atoms with van der Waals surface area (Å²) in [6.45, 7) is 4.13. The number of anilines is 5. The molecule has 8 aromatic rings. The predicted octanol–water partition coefficient (Wildman–Crippen LogP) is 9.58. The van der Waals surface area contributed by atoms with Crippen LogP contribution in [0.2, 0.25) is 5.28 Å². The zero-order valence-corrected chi connectivity index (χ0v) is 36.7. The molecule has 0 saturated carbocycles. The number of rotatable bonds is 6. The maximum atomic E-state index is 13.7. The third-order valence-electron chi connectivity index (χ3n) is 10.7. The van der Waals surface area contributed by atoms with E-state index in [1.165, 1.54) is 12.4 Å². The van der Waals surface area contributed by atoms with Crippen LogP contribution in [-0.2, 0) is 0 Å². The highest BCUT2D eigenvalue weighted by atomic mass is 35.5. The van der Waals surface area contributed by atoms with Crippen molar-refractivity contribution in [3.05, 3.63) is 173 Å². The largest absolute Gasteiger partial charge is 0.486 e. The van der Waals surface area contributed by atoms with E-state index in [-0.39, 0.29) is 29.6 Å². The van der Waals surface area contributed by atoms with Gasteiger partial charge in [-0.25, -0.2) is 46.3 Å². The van der Waals surface area contributed by atoms with Gasteiger partial charge in [-0.2, -0.15) is 9.97 Å². The van der Waals surface area contributed by atoms with E-state index in [4.69, 9.17) is 26.8 Å². The van der Waals surface area contributed by atoms with Crippen LogP contribution < -0.4 is 30.3 Å². The van der Waals surface area contributed by atoms with Crippen molar-refractivity contribution in [1.29, 1.82) is 0 Å². The van der Waals surface area contributed by atoms with Crippen LogP contribution in [0.15, 0.2) is 110 Å². The lowest BCUT2D eigenvalue weighted by molar-refractivity contribution is 0.264. The first-order valence-corrected chi connectivity index (χ1v) is 20.6. The van der Waals surface area contributed by atoms with Crippen LogP contribution in [-0.4, -0.2) is 66.3 Å². The molecule has 2 aliphatic rings. The highest BCUT2D eigenvalue weighted by molar-refractivity contribution is 6.28. The van der Waals surface area contributed by atoms with Gasteiger partial charge in [-0.15, -0.1) is 0 Å². The van der Waals surface area contributed by atoms with Crippen LogP contribution in [0.3, 0.4) is 0 Å². The molecule has 0 fully saturated rings. The first kappa shape index (κ1) is 45.7. The van der Waals surface area contributed by atoms with Crippen LogP contribution in [0.25, 0.3) is 11.4 Å². The average molecular weight is 941 g/mol. The molecule has 67 heavy (non-hydrogen) atoms. The van der Waals surface area contributed by atoms with E-state index in [0.717, 1.165) is 58.4 Å². The lowest BCUT2D eigenvalue weighted by Gasteiger charge is -2.35. The Kier molecular flexibility index (Phi) is 13.2. The second kappa shape index (κ2) is 19.3. The first-order chi connectivity index (χ1) is 32.1. The van der Waals surface area contributed by atoms with Crippen molar-refractivity contribution in [3.63, 3.8) is 0 Å². The zero-order valence-electron chi connectivity index (χ0n) is 36.0. The van der Waals surface area contributed by atoms with Gasteiger partial charge in [0.25, 0.3) is 0 Å². The van der Waals surface area contributed by atoms with Gasteiger partial charge in [0.15, 0.2) is 58.0 Å².